The molecule has 2 N–H and O–H groups in total. The van der Waals surface area contributed by atoms with Gasteiger partial charge in [0.2, 0.25) is 5.91 Å². The molecule has 1 aromatic heterocycles. The molecule has 2 aromatic carbocycles. The number of fused-ring (bicyclic) bond motifs is 1. The summed E-state index contributed by atoms with van der Waals surface area (Å²) in [6, 6.07) is 14.4. The summed E-state index contributed by atoms with van der Waals surface area (Å²) in [4.78, 5) is 31.1. The van der Waals surface area contributed by atoms with Crippen molar-refractivity contribution in [1.82, 2.24) is 9.97 Å². The number of aromatic nitrogens is 2. The van der Waals surface area contributed by atoms with Gasteiger partial charge in [-0.3, -0.25) is 9.59 Å². The second-order valence-corrected chi connectivity index (χ2v) is 4.88. The second-order valence-electron chi connectivity index (χ2n) is 4.88. The Bertz CT molecular complexity index is 900. The number of amides is 1. The van der Waals surface area contributed by atoms with Gasteiger partial charge in [0.25, 0.3) is 5.56 Å². The van der Waals surface area contributed by atoms with Crippen molar-refractivity contribution >= 4 is 22.5 Å². The lowest BCUT2D eigenvalue weighted by Crippen LogP contribution is -2.13. The van der Waals surface area contributed by atoms with Gasteiger partial charge in [-0.25, -0.2) is 4.98 Å². The second kappa shape index (κ2) is 5.81. The first-order valence-corrected chi connectivity index (χ1v) is 7.07. The summed E-state index contributed by atoms with van der Waals surface area (Å²) in [6.07, 6.45) is 0.385. The van der Waals surface area contributed by atoms with E-state index in [-0.39, 0.29) is 11.5 Å². The number of aromatic amines is 1. The Kier molecular flexibility index (Phi) is 3.70. The molecule has 0 bridgehead atoms. The molecule has 3 rings (SSSR count). The number of nitrogens with zero attached hydrogens (tertiary/aromatic N) is 1. The van der Waals surface area contributed by atoms with E-state index >= 15 is 0 Å². The van der Waals surface area contributed by atoms with Crippen LogP contribution in [-0.4, -0.2) is 15.9 Å². The Morgan fingerprint density at radius 1 is 1.14 bits per heavy atom. The fraction of sp³-hybridized carbons (Fsp3) is 0.118. The number of carbonyl (C=O) groups is 1. The zero-order valence-electron chi connectivity index (χ0n) is 12.1. The maximum Gasteiger partial charge on any atom is 0.259 e. The third-order valence-electron chi connectivity index (χ3n) is 3.39. The Balaban J connectivity index is 2.16. The van der Waals surface area contributed by atoms with E-state index in [1.54, 1.807) is 31.2 Å². The molecule has 0 aliphatic carbocycles. The van der Waals surface area contributed by atoms with Crippen LogP contribution in [0.3, 0.4) is 0 Å². The molecule has 0 fully saturated rings. The number of rotatable bonds is 3. The van der Waals surface area contributed by atoms with Crippen LogP contribution in [-0.2, 0) is 4.79 Å². The lowest BCUT2D eigenvalue weighted by Gasteiger charge is -2.10. The number of hydrogen-bond donors (Lipinski definition) is 2. The van der Waals surface area contributed by atoms with Crippen LogP contribution in [0.5, 0.6) is 0 Å². The molecule has 0 unspecified atom stereocenters. The van der Waals surface area contributed by atoms with Crippen LogP contribution in [0.4, 0.5) is 5.69 Å². The minimum atomic E-state index is -0.197. The molecular weight excluding hydrogens is 278 g/mol. The lowest BCUT2D eigenvalue weighted by molar-refractivity contribution is -0.115. The summed E-state index contributed by atoms with van der Waals surface area (Å²) < 4.78 is 0. The summed E-state index contributed by atoms with van der Waals surface area (Å²) in [5.74, 6) is 0.353. The van der Waals surface area contributed by atoms with E-state index in [0.29, 0.717) is 34.4 Å². The van der Waals surface area contributed by atoms with Crippen LogP contribution in [0, 0.1) is 0 Å². The monoisotopic (exact) mass is 293 g/mol. The normalized spacial score (nSPS) is 10.6. The molecule has 1 heterocycles. The first-order valence-electron chi connectivity index (χ1n) is 7.07. The van der Waals surface area contributed by atoms with Crippen molar-refractivity contribution in [3.8, 4) is 11.4 Å². The summed E-state index contributed by atoms with van der Waals surface area (Å²) in [5, 5.41) is 3.37. The number of hydrogen-bond acceptors (Lipinski definition) is 3. The molecular formula is C17H15N3O2. The van der Waals surface area contributed by atoms with Gasteiger partial charge in [-0.2, -0.15) is 0 Å². The minimum absolute atomic E-state index is 0.0874. The molecule has 0 aliphatic rings. The van der Waals surface area contributed by atoms with Crippen molar-refractivity contribution in [2.24, 2.45) is 0 Å². The summed E-state index contributed by atoms with van der Waals surface area (Å²) in [7, 11) is 0. The fourth-order valence-electron chi connectivity index (χ4n) is 2.25. The molecule has 1 amide bonds. The minimum Gasteiger partial charge on any atom is -0.325 e. The number of nitrogens with one attached hydrogen (secondary N) is 2. The van der Waals surface area contributed by atoms with Crippen molar-refractivity contribution < 1.29 is 4.79 Å². The van der Waals surface area contributed by atoms with Gasteiger partial charge >= 0.3 is 0 Å². The van der Waals surface area contributed by atoms with Crippen molar-refractivity contribution in [3.05, 3.63) is 58.9 Å². The SMILES string of the molecule is CCC(=O)Nc1ccccc1-c1nc2ccccc2c(=O)[nH]1. The highest BCUT2D eigenvalue weighted by Crippen LogP contribution is 2.25. The highest BCUT2D eigenvalue weighted by Gasteiger charge is 2.11. The maximum atomic E-state index is 12.2. The standard InChI is InChI=1S/C17H15N3O2/c1-2-15(21)18-13-9-5-3-7-11(13)16-19-14-10-6-4-8-12(14)17(22)20-16/h3-10H,2H2,1H3,(H,18,21)(H,19,20,22). The predicted octanol–water partition coefficient (Wildman–Crippen LogP) is 2.94. The van der Waals surface area contributed by atoms with E-state index < -0.39 is 0 Å². The molecule has 0 aliphatic heterocycles. The van der Waals surface area contributed by atoms with Crippen LogP contribution in [0.15, 0.2) is 53.3 Å². The molecule has 5 heteroatoms. The molecule has 0 radical (unpaired) electrons. The Hall–Kier alpha value is -2.95. The largest absolute Gasteiger partial charge is 0.325 e. The van der Waals surface area contributed by atoms with Gasteiger partial charge < -0.3 is 10.3 Å². The molecule has 5 nitrogen and oxygen atoms in total. The van der Waals surface area contributed by atoms with Crippen molar-refractivity contribution in [1.29, 1.82) is 0 Å². The molecule has 0 spiro atoms. The van der Waals surface area contributed by atoms with Gasteiger partial charge in [0.1, 0.15) is 5.82 Å². The first kappa shape index (κ1) is 14.0. The Morgan fingerprint density at radius 2 is 1.86 bits per heavy atom. The van der Waals surface area contributed by atoms with Crippen LogP contribution < -0.4 is 10.9 Å². The molecule has 22 heavy (non-hydrogen) atoms. The molecule has 0 atom stereocenters. The maximum absolute atomic E-state index is 12.2. The third kappa shape index (κ3) is 2.61. The summed E-state index contributed by atoms with van der Waals surface area (Å²) in [5.41, 5.74) is 1.75. The quantitative estimate of drug-likeness (QED) is 0.779. The third-order valence-corrected chi connectivity index (χ3v) is 3.39. The predicted molar refractivity (Wildman–Crippen MR) is 86.7 cm³/mol. The summed E-state index contributed by atoms with van der Waals surface area (Å²) in [6.45, 7) is 1.79. The number of H-pyrrole nitrogens is 1. The van der Waals surface area contributed by atoms with Crippen LogP contribution in [0.2, 0.25) is 0 Å². The van der Waals surface area contributed by atoms with E-state index in [9.17, 15) is 9.59 Å². The van der Waals surface area contributed by atoms with Gasteiger partial charge in [-0.05, 0) is 24.3 Å². The number of benzene rings is 2. The number of para-hydroxylation sites is 2. The Labute approximate surface area is 127 Å². The van der Waals surface area contributed by atoms with Gasteiger partial charge in [0.05, 0.1) is 16.6 Å². The highest BCUT2D eigenvalue weighted by molar-refractivity contribution is 5.94. The zero-order valence-corrected chi connectivity index (χ0v) is 12.1. The molecule has 0 saturated carbocycles. The smallest absolute Gasteiger partial charge is 0.259 e. The molecule has 110 valence electrons. The Morgan fingerprint density at radius 3 is 2.68 bits per heavy atom. The molecule has 3 aromatic rings. The van der Waals surface area contributed by atoms with E-state index in [4.69, 9.17) is 0 Å². The van der Waals surface area contributed by atoms with E-state index in [1.807, 2.05) is 24.3 Å². The van der Waals surface area contributed by atoms with Gasteiger partial charge in [-0.1, -0.05) is 31.2 Å². The van der Waals surface area contributed by atoms with Gasteiger partial charge in [-0.15, -0.1) is 0 Å². The van der Waals surface area contributed by atoms with Gasteiger partial charge in [0.15, 0.2) is 0 Å². The fourth-order valence-corrected chi connectivity index (χ4v) is 2.25. The van der Waals surface area contributed by atoms with E-state index in [0.717, 1.165) is 0 Å². The van der Waals surface area contributed by atoms with Crippen LogP contribution >= 0.6 is 0 Å². The van der Waals surface area contributed by atoms with Crippen LogP contribution in [0.1, 0.15) is 13.3 Å². The van der Waals surface area contributed by atoms with Crippen molar-refractivity contribution in [2.75, 3.05) is 5.32 Å². The highest BCUT2D eigenvalue weighted by atomic mass is 16.1. The van der Waals surface area contributed by atoms with E-state index in [2.05, 4.69) is 15.3 Å². The number of carbonyl (C=O) groups excluding carboxylic acids is 1. The lowest BCUT2D eigenvalue weighted by atomic mass is 10.1. The number of anilines is 1. The van der Waals surface area contributed by atoms with Crippen molar-refractivity contribution in [3.63, 3.8) is 0 Å². The topological polar surface area (TPSA) is 74.8 Å². The first-order chi connectivity index (χ1) is 10.7. The average Bonchev–Trinajstić information content (AvgIpc) is 2.55. The molecule has 0 saturated heterocycles. The van der Waals surface area contributed by atoms with Crippen molar-refractivity contribution in [2.45, 2.75) is 13.3 Å². The average molecular weight is 293 g/mol. The van der Waals surface area contributed by atoms with Gasteiger partial charge in [0, 0.05) is 12.0 Å². The summed E-state index contributed by atoms with van der Waals surface area (Å²) >= 11 is 0. The zero-order chi connectivity index (χ0) is 15.5. The van der Waals surface area contributed by atoms with Crippen LogP contribution in [0.25, 0.3) is 22.3 Å². The van der Waals surface area contributed by atoms with E-state index in [1.165, 1.54) is 0 Å².